The number of nitrogens with one attached hydrogen (secondary N) is 1. The lowest BCUT2D eigenvalue weighted by molar-refractivity contribution is -0.205. The van der Waals surface area contributed by atoms with Crippen LogP contribution in [0.5, 0.6) is 0 Å². The van der Waals surface area contributed by atoms with Crippen LogP contribution in [0.4, 0.5) is 0 Å². The van der Waals surface area contributed by atoms with Gasteiger partial charge in [0.25, 0.3) is 0 Å². The Labute approximate surface area is 251 Å². The second-order valence-corrected chi connectivity index (χ2v) is 16.4. The largest absolute Gasteiger partial charge is 0.461 e. The molecule has 4 aliphatic carbocycles. The molecule has 0 spiro atoms. The molecular formula is C33H53NO6S. The van der Waals surface area contributed by atoms with E-state index in [1.54, 1.807) is 0 Å². The van der Waals surface area contributed by atoms with Crippen LogP contribution in [0.15, 0.2) is 12.7 Å². The van der Waals surface area contributed by atoms with E-state index in [-0.39, 0.29) is 57.9 Å². The maximum Gasteiger partial charge on any atom is 0.316 e. The van der Waals surface area contributed by atoms with Gasteiger partial charge in [-0.3, -0.25) is 14.4 Å². The summed E-state index contributed by atoms with van der Waals surface area (Å²) in [5.41, 5.74) is -1.98. The van der Waals surface area contributed by atoms with Gasteiger partial charge in [-0.15, -0.1) is 18.3 Å². The molecule has 11 atom stereocenters. The van der Waals surface area contributed by atoms with Crippen LogP contribution in [0.1, 0.15) is 99.8 Å². The summed E-state index contributed by atoms with van der Waals surface area (Å²) in [4.78, 5) is 39.4. The van der Waals surface area contributed by atoms with Crippen LogP contribution in [0.2, 0.25) is 0 Å². The third kappa shape index (κ3) is 5.78. The monoisotopic (exact) mass is 591 g/mol. The van der Waals surface area contributed by atoms with Crippen molar-refractivity contribution in [3.05, 3.63) is 12.7 Å². The average molecular weight is 592 g/mol. The molecule has 1 amide bonds. The number of esters is 1. The number of Topliss-reactive ketones (excluding diaryl/α,β-unsaturated/α-hetero) is 1. The van der Waals surface area contributed by atoms with Crippen molar-refractivity contribution in [2.75, 3.05) is 5.75 Å². The summed E-state index contributed by atoms with van der Waals surface area (Å²) < 4.78 is 6.35. The quantitative estimate of drug-likeness (QED) is 0.292. The third-order valence-corrected chi connectivity index (χ3v) is 13.1. The number of carbonyl (C=O) groups excluding carboxylic acids is 3. The van der Waals surface area contributed by atoms with Crippen LogP contribution >= 0.6 is 11.8 Å². The summed E-state index contributed by atoms with van der Waals surface area (Å²) in [6.45, 7) is 18.1. The fourth-order valence-electron chi connectivity index (χ4n) is 8.72. The molecule has 0 aliphatic heterocycles. The molecular weight excluding hydrogens is 538 g/mol. The highest BCUT2D eigenvalue weighted by molar-refractivity contribution is 8.00. The molecule has 7 nitrogen and oxygen atoms in total. The molecule has 8 heteroatoms. The second kappa shape index (κ2) is 11.6. The Hall–Kier alpha value is -1.38. The SMILES string of the molecule is C=C[C@]1(C)C[C@@H](OC(=O)CS[C@H]2CC[C@H](NC(=O)C(C)(C)C)C[C@@H]2O)[C@]2(C)C(C)CCC3(CCC(=O)[C@H]32)[C@@H](C)[C@@H]1O. The second-order valence-electron chi connectivity index (χ2n) is 15.2. The van der Waals surface area contributed by atoms with Crippen LogP contribution < -0.4 is 5.32 Å². The van der Waals surface area contributed by atoms with Crippen molar-refractivity contribution in [1.29, 1.82) is 0 Å². The van der Waals surface area contributed by atoms with Crippen LogP contribution in [-0.2, 0) is 19.1 Å². The van der Waals surface area contributed by atoms with E-state index < -0.39 is 34.6 Å². The molecule has 0 aromatic carbocycles. The lowest BCUT2D eigenvalue weighted by Crippen LogP contribution is -2.63. The number of aliphatic hydroxyl groups is 2. The van der Waals surface area contributed by atoms with Gasteiger partial charge in [-0.25, -0.2) is 0 Å². The smallest absolute Gasteiger partial charge is 0.316 e. The minimum atomic E-state index is -0.689. The van der Waals surface area contributed by atoms with Crippen LogP contribution in [-0.4, -0.2) is 63.2 Å². The summed E-state index contributed by atoms with van der Waals surface area (Å²) in [6, 6.07) is -0.0715. The lowest BCUT2D eigenvalue weighted by atomic mass is 9.44. The molecule has 0 aromatic rings. The van der Waals surface area contributed by atoms with Crippen molar-refractivity contribution < 1.29 is 29.3 Å². The molecule has 0 aromatic heterocycles. The lowest BCUT2D eigenvalue weighted by Gasteiger charge is -2.61. The Kier molecular flexibility index (Phi) is 9.21. The van der Waals surface area contributed by atoms with Gasteiger partial charge in [0.15, 0.2) is 0 Å². The number of carbonyl (C=O) groups is 3. The first kappa shape index (κ1) is 32.5. The van der Waals surface area contributed by atoms with Gasteiger partial charge in [0, 0.05) is 39.9 Å². The molecule has 3 N–H and O–H groups in total. The summed E-state index contributed by atoms with van der Waals surface area (Å²) in [5, 5.41) is 25.5. The number of ketones is 1. The molecule has 4 fully saturated rings. The molecule has 4 saturated carbocycles. The number of thioether (sulfide) groups is 1. The van der Waals surface area contributed by atoms with Crippen LogP contribution in [0, 0.1) is 39.4 Å². The summed E-state index contributed by atoms with van der Waals surface area (Å²) in [7, 11) is 0. The first-order chi connectivity index (χ1) is 19.0. The molecule has 0 radical (unpaired) electrons. The highest BCUT2D eigenvalue weighted by Gasteiger charge is 2.68. The standard InChI is InChI=1S/C33H53NO6S/c1-9-31(7)17-25(32(8)19(2)12-14-33(20(3)28(31)38)15-13-22(35)27(32)33)40-26(37)18-41-24-11-10-21(16-23(24)36)34-29(39)30(4,5)6/h9,19-21,23-25,27-28,36,38H,1,10-18H2,2-8H3,(H,34,39)/t19?,20-,21-,23-,24-,25+,27-,28-,31+,32-,33?/m0/s1. The van der Waals surface area contributed by atoms with E-state index in [0.29, 0.717) is 25.7 Å². The number of aliphatic hydroxyl groups excluding tert-OH is 2. The van der Waals surface area contributed by atoms with Crippen molar-refractivity contribution in [2.45, 2.75) is 129 Å². The zero-order chi connectivity index (χ0) is 30.5. The highest BCUT2D eigenvalue weighted by Crippen LogP contribution is 2.68. The van der Waals surface area contributed by atoms with E-state index in [9.17, 15) is 24.6 Å². The molecule has 4 rings (SSSR count). The molecule has 0 saturated heterocycles. The van der Waals surface area contributed by atoms with E-state index in [2.05, 4.69) is 32.7 Å². The molecule has 2 bridgehead atoms. The average Bonchev–Trinajstić information content (AvgIpc) is 3.26. The normalized spacial score (nSPS) is 44.8. The molecule has 0 heterocycles. The van der Waals surface area contributed by atoms with Crippen molar-refractivity contribution in [2.24, 2.45) is 39.4 Å². The number of hydrogen-bond acceptors (Lipinski definition) is 7. The van der Waals surface area contributed by atoms with Crippen molar-refractivity contribution >= 4 is 29.4 Å². The van der Waals surface area contributed by atoms with E-state index in [0.717, 1.165) is 25.7 Å². The maximum atomic E-state index is 13.6. The minimum Gasteiger partial charge on any atom is -0.461 e. The van der Waals surface area contributed by atoms with Gasteiger partial charge in [0.2, 0.25) is 5.91 Å². The maximum absolute atomic E-state index is 13.6. The number of hydrogen-bond donors (Lipinski definition) is 3. The van der Waals surface area contributed by atoms with Gasteiger partial charge in [0.1, 0.15) is 11.9 Å². The summed E-state index contributed by atoms with van der Waals surface area (Å²) in [5.74, 6) is -0.145. The van der Waals surface area contributed by atoms with Crippen LogP contribution in [0.3, 0.4) is 0 Å². The predicted molar refractivity (Wildman–Crippen MR) is 162 cm³/mol. The topological polar surface area (TPSA) is 113 Å². The Bertz CT molecular complexity index is 1040. The zero-order valence-corrected chi connectivity index (χ0v) is 27.0. The van der Waals surface area contributed by atoms with Gasteiger partial charge in [-0.1, -0.05) is 54.5 Å². The van der Waals surface area contributed by atoms with Crippen LogP contribution in [0.25, 0.3) is 0 Å². The first-order valence-corrected chi connectivity index (χ1v) is 16.7. The Morgan fingerprint density at radius 1 is 1.15 bits per heavy atom. The molecule has 4 aliphatic rings. The van der Waals surface area contributed by atoms with Gasteiger partial charge in [0.05, 0.1) is 18.0 Å². The molecule has 41 heavy (non-hydrogen) atoms. The van der Waals surface area contributed by atoms with E-state index >= 15 is 0 Å². The number of ether oxygens (including phenoxy) is 1. The highest BCUT2D eigenvalue weighted by atomic mass is 32.2. The zero-order valence-electron chi connectivity index (χ0n) is 26.2. The minimum absolute atomic E-state index is 0.0233. The van der Waals surface area contributed by atoms with E-state index in [1.165, 1.54) is 11.8 Å². The number of amides is 1. The Morgan fingerprint density at radius 2 is 1.83 bits per heavy atom. The number of rotatable bonds is 6. The Morgan fingerprint density at radius 3 is 2.44 bits per heavy atom. The third-order valence-electron chi connectivity index (χ3n) is 11.8. The molecule has 232 valence electrons. The fourth-order valence-corrected chi connectivity index (χ4v) is 9.77. The van der Waals surface area contributed by atoms with E-state index in [4.69, 9.17) is 4.74 Å². The van der Waals surface area contributed by atoms with E-state index in [1.807, 2.05) is 33.8 Å². The van der Waals surface area contributed by atoms with Gasteiger partial charge < -0.3 is 20.3 Å². The first-order valence-electron chi connectivity index (χ1n) is 15.6. The molecule has 2 unspecified atom stereocenters. The van der Waals surface area contributed by atoms with Gasteiger partial charge in [-0.2, -0.15) is 0 Å². The fraction of sp³-hybridized carbons (Fsp3) is 0.848. The predicted octanol–water partition coefficient (Wildman–Crippen LogP) is 5.07. The van der Waals surface area contributed by atoms with Gasteiger partial charge in [-0.05, 0) is 62.2 Å². The van der Waals surface area contributed by atoms with Crippen molar-refractivity contribution in [3.8, 4) is 0 Å². The van der Waals surface area contributed by atoms with Crippen molar-refractivity contribution in [3.63, 3.8) is 0 Å². The summed E-state index contributed by atoms with van der Waals surface area (Å²) in [6.07, 6.45) is 5.43. The Balaban J connectivity index is 1.48. The van der Waals surface area contributed by atoms with Gasteiger partial charge >= 0.3 is 5.97 Å². The van der Waals surface area contributed by atoms with Crippen molar-refractivity contribution in [1.82, 2.24) is 5.32 Å². The summed E-state index contributed by atoms with van der Waals surface area (Å²) >= 11 is 1.41.